The largest absolute Gasteiger partial charge is 0.443 e. The van der Waals surface area contributed by atoms with E-state index in [-0.39, 0.29) is 10.9 Å². The molecule has 0 saturated heterocycles. The summed E-state index contributed by atoms with van der Waals surface area (Å²) in [5.41, 5.74) is -1.41. The van der Waals surface area contributed by atoms with Gasteiger partial charge in [0.05, 0.1) is 11.1 Å². The van der Waals surface area contributed by atoms with E-state index in [0.29, 0.717) is 0 Å². The second kappa shape index (κ2) is 5.68. The molecule has 0 heterocycles. The SMILES string of the molecule is OB(c1ccc(C(F)(F)F)cc1)c1ccc(C(F)(F)F)cc1. The van der Waals surface area contributed by atoms with E-state index in [9.17, 15) is 31.4 Å². The lowest BCUT2D eigenvalue weighted by Gasteiger charge is -2.11. The summed E-state index contributed by atoms with van der Waals surface area (Å²) < 4.78 is 74.6. The van der Waals surface area contributed by atoms with Gasteiger partial charge in [-0.05, 0) is 10.9 Å². The summed E-state index contributed by atoms with van der Waals surface area (Å²) in [5.74, 6) is 0. The van der Waals surface area contributed by atoms with E-state index in [1.54, 1.807) is 0 Å². The molecule has 116 valence electrons. The van der Waals surface area contributed by atoms with Crippen LogP contribution in [0.3, 0.4) is 0 Å². The second-order valence-corrected chi connectivity index (χ2v) is 4.64. The van der Waals surface area contributed by atoms with Crippen LogP contribution in [0, 0.1) is 0 Å². The minimum atomic E-state index is -4.49. The van der Waals surface area contributed by atoms with Gasteiger partial charge in [0, 0.05) is 0 Å². The van der Waals surface area contributed by atoms with Gasteiger partial charge in [-0.2, -0.15) is 26.3 Å². The molecule has 8 heteroatoms. The number of hydrogen-bond donors (Lipinski definition) is 1. The molecule has 0 radical (unpaired) electrons. The molecular weight excluding hydrogens is 309 g/mol. The highest BCUT2D eigenvalue weighted by atomic mass is 19.4. The van der Waals surface area contributed by atoms with E-state index in [2.05, 4.69) is 0 Å². The number of hydrogen-bond acceptors (Lipinski definition) is 1. The van der Waals surface area contributed by atoms with Crippen molar-refractivity contribution in [2.24, 2.45) is 0 Å². The maximum atomic E-state index is 12.4. The van der Waals surface area contributed by atoms with Gasteiger partial charge in [0.25, 0.3) is 0 Å². The van der Waals surface area contributed by atoms with Crippen molar-refractivity contribution in [3.8, 4) is 0 Å². The van der Waals surface area contributed by atoms with E-state index in [4.69, 9.17) is 0 Å². The molecule has 0 aliphatic heterocycles. The van der Waals surface area contributed by atoms with Crippen molar-refractivity contribution in [1.29, 1.82) is 0 Å². The molecule has 1 nitrogen and oxygen atoms in total. The quantitative estimate of drug-likeness (QED) is 0.667. The summed E-state index contributed by atoms with van der Waals surface area (Å²) in [6.45, 7) is -1.30. The van der Waals surface area contributed by atoms with Crippen LogP contribution < -0.4 is 10.9 Å². The minimum Gasteiger partial charge on any atom is -0.443 e. The summed E-state index contributed by atoms with van der Waals surface area (Å²) in [6.07, 6.45) is -8.98. The van der Waals surface area contributed by atoms with Crippen LogP contribution in [0.25, 0.3) is 0 Å². The fraction of sp³-hybridized carbons (Fsp3) is 0.143. The first-order valence-electron chi connectivity index (χ1n) is 6.11. The normalized spacial score (nSPS) is 12.3. The zero-order valence-electron chi connectivity index (χ0n) is 10.9. The van der Waals surface area contributed by atoms with Gasteiger partial charge >= 0.3 is 19.3 Å². The van der Waals surface area contributed by atoms with Crippen LogP contribution in [0.15, 0.2) is 48.5 Å². The van der Waals surface area contributed by atoms with Crippen molar-refractivity contribution < 1.29 is 31.4 Å². The predicted molar refractivity (Wildman–Crippen MR) is 70.1 cm³/mol. The third-order valence-corrected chi connectivity index (χ3v) is 3.11. The molecule has 0 fully saturated rings. The molecule has 2 aromatic rings. The molecule has 2 aromatic carbocycles. The Hall–Kier alpha value is -1.96. The molecule has 0 aromatic heterocycles. The molecule has 1 N–H and O–H groups in total. The van der Waals surface area contributed by atoms with E-state index in [1.165, 1.54) is 0 Å². The summed E-state index contributed by atoms with van der Waals surface area (Å²) in [4.78, 5) is 0. The number of halogens is 6. The summed E-state index contributed by atoms with van der Waals surface area (Å²) in [7, 11) is 0. The van der Waals surface area contributed by atoms with Crippen LogP contribution in [-0.2, 0) is 12.4 Å². The first kappa shape index (κ1) is 16.4. The van der Waals surface area contributed by atoms with Crippen LogP contribution in [0.2, 0.25) is 0 Å². The summed E-state index contributed by atoms with van der Waals surface area (Å²) in [5, 5.41) is 10.0. The highest BCUT2D eigenvalue weighted by Crippen LogP contribution is 2.29. The lowest BCUT2D eigenvalue weighted by molar-refractivity contribution is -0.138. The molecule has 0 atom stereocenters. The monoisotopic (exact) mass is 318 g/mol. The van der Waals surface area contributed by atoms with Crippen LogP contribution >= 0.6 is 0 Å². The highest BCUT2D eigenvalue weighted by Gasteiger charge is 2.32. The van der Waals surface area contributed by atoms with Crippen molar-refractivity contribution >= 4 is 17.8 Å². The van der Waals surface area contributed by atoms with Crippen molar-refractivity contribution in [1.82, 2.24) is 0 Å². The number of benzene rings is 2. The molecule has 0 saturated carbocycles. The molecule has 0 bridgehead atoms. The van der Waals surface area contributed by atoms with Crippen molar-refractivity contribution in [3.63, 3.8) is 0 Å². The molecule has 2 rings (SSSR count). The van der Waals surface area contributed by atoms with E-state index in [1.807, 2.05) is 0 Å². The Morgan fingerprint density at radius 3 is 1.09 bits per heavy atom. The molecule has 0 spiro atoms. The van der Waals surface area contributed by atoms with Gasteiger partial charge in [0.1, 0.15) is 0 Å². The average molecular weight is 318 g/mol. The Labute approximate surface area is 122 Å². The first-order valence-corrected chi connectivity index (χ1v) is 6.11. The lowest BCUT2D eigenvalue weighted by Crippen LogP contribution is -2.42. The molecule has 22 heavy (non-hydrogen) atoms. The van der Waals surface area contributed by atoms with Crippen molar-refractivity contribution in [2.75, 3.05) is 0 Å². The fourth-order valence-electron chi connectivity index (χ4n) is 1.90. The van der Waals surface area contributed by atoms with Crippen LogP contribution in [0.1, 0.15) is 11.1 Å². The van der Waals surface area contributed by atoms with Crippen LogP contribution in [0.5, 0.6) is 0 Å². The Morgan fingerprint density at radius 2 is 0.864 bits per heavy atom. The van der Waals surface area contributed by atoms with Gasteiger partial charge in [-0.3, -0.25) is 0 Å². The van der Waals surface area contributed by atoms with Crippen molar-refractivity contribution in [2.45, 2.75) is 12.4 Å². The zero-order chi connectivity index (χ0) is 16.5. The third kappa shape index (κ3) is 3.62. The van der Waals surface area contributed by atoms with Gasteiger partial charge in [-0.15, -0.1) is 0 Å². The third-order valence-electron chi connectivity index (χ3n) is 3.11. The Bertz CT molecular complexity index is 573. The van der Waals surface area contributed by atoms with Gasteiger partial charge in [-0.25, -0.2) is 0 Å². The molecule has 0 aliphatic rings. The van der Waals surface area contributed by atoms with E-state index in [0.717, 1.165) is 48.5 Å². The Balaban J connectivity index is 2.23. The predicted octanol–water partition coefficient (Wildman–Crippen LogP) is 2.82. The van der Waals surface area contributed by atoms with Crippen LogP contribution in [-0.4, -0.2) is 11.9 Å². The second-order valence-electron chi connectivity index (χ2n) is 4.64. The number of rotatable bonds is 2. The number of alkyl halides is 6. The van der Waals surface area contributed by atoms with E-state index < -0.39 is 30.4 Å². The van der Waals surface area contributed by atoms with E-state index >= 15 is 0 Å². The Morgan fingerprint density at radius 1 is 0.591 bits per heavy atom. The maximum absolute atomic E-state index is 12.4. The van der Waals surface area contributed by atoms with Crippen molar-refractivity contribution in [3.05, 3.63) is 59.7 Å². The smallest absolute Gasteiger partial charge is 0.416 e. The van der Waals surface area contributed by atoms with Crippen LogP contribution in [0.4, 0.5) is 26.3 Å². The molecule has 0 amide bonds. The maximum Gasteiger partial charge on any atom is 0.416 e. The standard InChI is InChI=1S/C14H9BF6O/c16-13(17,18)9-1-5-11(6-2-9)15(22)12-7-3-10(4-8-12)14(19,20)21/h1-8,22H. The summed E-state index contributed by atoms with van der Waals surface area (Å²) >= 11 is 0. The average Bonchev–Trinajstić information content (AvgIpc) is 2.45. The highest BCUT2D eigenvalue weighted by molar-refractivity contribution is 6.78. The molecule has 0 aliphatic carbocycles. The molecular formula is C14H9BF6O. The summed E-state index contributed by atoms with van der Waals surface area (Å²) in [6, 6.07) is 7.59. The Kier molecular flexibility index (Phi) is 4.24. The van der Waals surface area contributed by atoms with Gasteiger partial charge in [0.15, 0.2) is 0 Å². The van der Waals surface area contributed by atoms with Gasteiger partial charge < -0.3 is 5.02 Å². The zero-order valence-corrected chi connectivity index (χ0v) is 10.9. The molecule has 0 unspecified atom stereocenters. The topological polar surface area (TPSA) is 20.2 Å². The van der Waals surface area contributed by atoms with Gasteiger partial charge in [0.2, 0.25) is 0 Å². The first-order chi connectivity index (χ1) is 10.1. The lowest BCUT2D eigenvalue weighted by atomic mass is 9.56. The minimum absolute atomic E-state index is 0.160. The van der Waals surface area contributed by atoms with Gasteiger partial charge in [-0.1, -0.05) is 48.5 Å². The fourth-order valence-corrected chi connectivity index (χ4v) is 1.90.